The molecule has 1 amide bonds. The molecule has 190 valence electrons. The summed E-state index contributed by atoms with van der Waals surface area (Å²) < 4.78 is 43.7. The number of ether oxygens (including phenoxy) is 3. The third-order valence-electron chi connectivity index (χ3n) is 5.44. The van der Waals surface area contributed by atoms with Crippen LogP contribution in [-0.2, 0) is 9.53 Å². The van der Waals surface area contributed by atoms with Gasteiger partial charge in [-0.3, -0.25) is 4.79 Å². The summed E-state index contributed by atoms with van der Waals surface area (Å²) in [5.74, 6) is -0.408. The van der Waals surface area contributed by atoms with Gasteiger partial charge in [0.25, 0.3) is 0 Å². The first-order valence-electron chi connectivity index (χ1n) is 11.1. The van der Waals surface area contributed by atoms with Crippen LogP contribution in [0.3, 0.4) is 0 Å². The van der Waals surface area contributed by atoms with Crippen molar-refractivity contribution in [3.05, 3.63) is 78.6 Å². The lowest BCUT2D eigenvalue weighted by Gasteiger charge is -2.16. The maximum Gasteiger partial charge on any atom is 0.248 e. The van der Waals surface area contributed by atoms with Crippen molar-refractivity contribution in [2.45, 2.75) is 0 Å². The first-order valence-corrected chi connectivity index (χ1v) is 11.1. The standard InChI is InChI=1S/C27H24F2N4O4/c1-35-10-4-5-26(34)32-23-13-19-21(14-25(23)37-3)30-15-31-27(19)33-22-11-16(6-9-24(22)36-2)18-8-7-17(28)12-20(18)29/h4-9,11-15H,10H2,1-3H3,(H,32,34)(H,30,31,33)/b5-4+. The quantitative estimate of drug-likeness (QED) is 0.291. The molecule has 1 heterocycles. The molecule has 0 unspecified atom stereocenters. The largest absolute Gasteiger partial charge is 0.495 e. The second kappa shape index (κ2) is 11.4. The van der Waals surface area contributed by atoms with Crippen LogP contribution >= 0.6 is 0 Å². The SMILES string of the molecule is COC/C=C/C(=O)Nc1cc2c(Nc3cc(-c4ccc(F)cc4F)ccc3OC)ncnc2cc1OC. The smallest absolute Gasteiger partial charge is 0.248 e. The molecule has 0 bridgehead atoms. The number of halogens is 2. The van der Waals surface area contributed by atoms with Gasteiger partial charge in [0, 0.05) is 36.3 Å². The molecule has 0 aliphatic heterocycles. The number of fused-ring (bicyclic) bond motifs is 1. The Morgan fingerprint density at radius 2 is 1.76 bits per heavy atom. The van der Waals surface area contributed by atoms with E-state index in [0.717, 1.165) is 6.07 Å². The van der Waals surface area contributed by atoms with E-state index in [-0.39, 0.29) is 11.5 Å². The van der Waals surface area contributed by atoms with Crippen molar-refractivity contribution in [1.82, 2.24) is 9.97 Å². The number of benzene rings is 3. The van der Waals surface area contributed by atoms with Gasteiger partial charge < -0.3 is 24.8 Å². The van der Waals surface area contributed by atoms with Gasteiger partial charge in [-0.2, -0.15) is 0 Å². The van der Waals surface area contributed by atoms with Gasteiger partial charge in [0.2, 0.25) is 5.91 Å². The van der Waals surface area contributed by atoms with Crippen molar-refractivity contribution in [2.75, 3.05) is 38.6 Å². The summed E-state index contributed by atoms with van der Waals surface area (Å²) in [7, 11) is 4.53. The van der Waals surface area contributed by atoms with Crippen molar-refractivity contribution in [1.29, 1.82) is 0 Å². The summed E-state index contributed by atoms with van der Waals surface area (Å²) in [5.41, 5.74) is 2.20. The second-order valence-corrected chi connectivity index (χ2v) is 7.80. The van der Waals surface area contributed by atoms with E-state index in [4.69, 9.17) is 14.2 Å². The van der Waals surface area contributed by atoms with Gasteiger partial charge in [-0.25, -0.2) is 18.7 Å². The molecule has 0 spiro atoms. The molecule has 3 aromatic carbocycles. The Morgan fingerprint density at radius 1 is 0.946 bits per heavy atom. The van der Waals surface area contributed by atoms with Crippen molar-refractivity contribution >= 4 is 34.0 Å². The van der Waals surface area contributed by atoms with Gasteiger partial charge in [-0.1, -0.05) is 12.1 Å². The van der Waals surface area contributed by atoms with Crippen LogP contribution in [0.1, 0.15) is 0 Å². The molecule has 0 saturated carbocycles. The number of nitrogens with zero attached hydrogens (tertiary/aromatic N) is 2. The minimum absolute atomic E-state index is 0.232. The molecule has 0 fully saturated rings. The summed E-state index contributed by atoms with van der Waals surface area (Å²) in [6.45, 7) is 0.299. The van der Waals surface area contributed by atoms with Gasteiger partial charge in [0.05, 0.1) is 37.7 Å². The molecule has 4 aromatic rings. The zero-order chi connectivity index (χ0) is 26.4. The highest BCUT2D eigenvalue weighted by molar-refractivity contribution is 6.03. The van der Waals surface area contributed by atoms with E-state index < -0.39 is 11.6 Å². The van der Waals surface area contributed by atoms with Crippen LogP contribution in [-0.4, -0.2) is 43.8 Å². The van der Waals surface area contributed by atoms with Crippen LogP contribution < -0.4 is 20.1 Å². The molecule has 4 rings (SSSR count). The molecule has 1 aromatic heterocycles. The highest BCUT2D eigenvalue weighted by Gasteiger charge is 2.15. The summed E-state index contributed by atoms with van der Waals surface area (Å²) >= 11 is 0. The summed E-state index contributed by atoms with van der Waals surface area (Å²) in [4.78, 5) is 21.0. The third kappa shape index (κ3) is 5.81. The highest BCUT2D eigenvalue weighted by Crippen LogP contribution is 2.37. The van der Waals surface area contributed by atoms with Gasteiger partial charge >= 0.3 is 0 Å². The van der Waals surface area contributed by atoms with Crippen LogP contribution in [0.5, 0.6) is 11.5 Å². The summed E-state index contributed by atoms with van der Waals surface area (Å²) in [6, 6.07) is 11.8. The number of methoxy groups -OCH3 is 3. The minimum atomic E-state index is -0.685. The fourth-order valence-corrected chi connectivity index (χ4v) is 3.70. The lowest BCUT2D eigenvalue weighted by atomic mass is 10.0. The van der Waals surface area contributed by atoms with E-state index in [1.165, 1.54) is 45.9 Å². The molecule has 0 saturated heterocycles. The van der Waals surface area contributed by atoms with Crippen molar-refractivity contribution in [2.24, 2.45) is 0 Å². The molecule has 0 aliphatic carbocycles. The van der Waals surface area contributed by atoms with Crippen molar-refractivity contribution in [3.63, 3.8) is 0 Å². The fourth-order valence-electron chi connectivity index (χ4n) is 3.70. The molecule has 10 heteroatoms. The molecular formula is C27H24F2N4O4. The van der Waals surface area contributed by atoms with Crippen molar-refractivity contribution in [3.8, 4) is 22.6 Å². The fraction of sp³-hybridized carbons (Fsp3) is 0.148. The van der Waals surface area contributed by atoms with Crippen LogP contribution in [0.4, 0.5) is 26.0 Å². The van der Waals surface area contributed by atoms with Crippen LogP contribution in [0.15, 0.2) is 67.0 Å². The summed E-state index contributed by atoms with van der Waals surface area (Å²) in [5, 5.41) is 6.57. The maximum atomic E-state index is 14.4. The van der Waals surface area contributed by atoms with E-state index in [1.54, 1.807) is 36.4 Å². The second-order valence-electron chi connectivity index (χ2n) is 7.80. The molecule has 0 atom stereocenters. The number of carbonyl (C=O) groups is 1. The van der Waals surface area contributed by atoms with Crippen LogP contribution in [0.25, 0.3) is 22.0 Å². The van der Waals surface area contributed by atoms with E-state index in [0.29, 0.717) is 51.8 Å². The average Bonchev–Trinajstić information content (AvgIpc) is 2.89. The number of hydrogen-bond donors (Lipinski definition) is 2. The number of anilines is 3. The van der Waals surface area contributed by atoms with Crippen LogP contribution in [0.2, 0.25) is 0 Å². The Labute approximate surface area is 211 Å². The Bertz CT molecular complexity index is 1480. The number of hydrogen-bond acceptors (Lipinski definition) is 7. The van der Waals surface area contributed by atoms with Crippen LogP contribution in [0, 0.1) is 11.6 Å². The first-order chi connectivity index (χ1) is 17.9. The number of amides is 1. The zero-order valence-corrected chi connectivity index (χ0v) is 20.3. The lowest BCUT2D eigenvalue weighted by Crippen LogP contribution is -2.10. The van der Waals surface area contributed by atoms with E-state index in [9.17, 15) is 13.6 Å². The molecule has 37 heavy (non-hydrogen) atoms. The van der Waals surface area contributed by atoms with Gasteiger partial charge in [0.1, 0.15) is 35.3 Å². The van der Waals surface area contributed by atoms with E-state index in [2.05, 4.69) is 20.6 Å². The predicted octanol–water partition coefficient (Wildman–Crippen LogP) is 5.48. The molecule has 8 nitrogen and oxygen atoms in total. The first kappa shape index (κ1) is 25.5. The van der Waals surface area contributed by atoms with E-state index in [1.807, 2.05) is 0 Å². The zero-order valence-electron chi connectivity index (χ0n) is 20.3. The third-order valence-corrected chi connectivity index (χ3v) is 5.44. The Balaban J connectivity index is 1.74. The average molecular weight is 507 g/mol. The Morgan fingerprint density at radius 3 is 2.49 bits per heavy atom. The molecule has 0 radical (unpaired) electrons. The Hall–Kier alpha value is -4.57. The number of rotatable bonds is 9. The van der Waals surface area contributed by atoms with Gasteiger partial charge in [-0.05, 0) is 35.9 Å². The van der Waals surface area contributed by atoms with Crippen molar-refractivity contribution < 1.29 is 27.8 Å². The molecular weight excluding hydrogens is 482 g/mol. The molecule has 0 aliphatic rings. The topological polar surface area (TPSA) is 94.6 Å². The normalized spacial score (nSPS) is 11.1. The summed E-state index contributed by atoms with van der Waals surface area (Å²) in [6.07, 6.45) is 4.33. The monoisotopic (exact) mass is 506 g/mol. The molecule has 2 N–H and O–H groups in total. The van der Waals surface area contributed by atoms with Gasteiger partial charge in [-0.15, -0.1) is 0 Å². The highest BCUT2D eigenvalue weighted by atomic mass is 19.1. The number of nitrogens with one attached hydrogen (secondary N) is 2. The van der Waals surface area contributed by atoms with E-state index >= 15 is 0 Å². The maximum absolute atomic E-state index is 14.4. The number of aromatic nitrogens is 2. The minimum Gasteiger partial charge on any atom is -0.495 e. The predicted molar refractivity (Wildman–Crippen MR) is 137 cm³/mol. The number of carbonyl (C=O) groups excluding carboxylic acids is 1. The van der Waals surface area contributed by atoms with Gasteiger partial charge in [0.15, 0.2) is 0 Å². The Kier molecular flexibility index (Phi) is 7.89. The lowest BCUT2D eigenvalue weighted by molar-refractivity contribution is -0.111.